The van der Waals surface area contributed by atoms with E-state index in [-0.39, 0.29) is 5.82 Å². The van der Waals surface area contributed by atoms with Crippen LogP contribution in [0, 0.1) is 5.82 Å². The molecule has 0 radical (unpaired) electrons. The van der Waals surface area contributed by atoms with Crippen molar-refractivity contribution in [3.8, 4) is 11.5 Å². The first-order valence-corrected chi connectivity index (χ1v) is 8.23. The number of ether oxygens (including phenoxy) is 1. The molecule has 2 N–H and O–H groups in total. The smallest absolute Gasteiger partial charge is 0.171 e. The van der Waals surface area contributed by atoms with Crippen LogP contribution in [0.25, 0.3) is 0 Å². The third-order valence-electron chi connectivity index (χ3n) is 3.49. The molecule has 0 spiro atoms. The van der Waals surface area contributed by atoms with Gasteiger partial charge >= 0.3 is 0 Å². The number of halogens is 1. The number of para-hydroxylation sites is 1. The van der Waals surface area contributed by atoms with Crippen molar-refractivity contribution in [1.82, 2.24) is 5.32 Å². The van der Waals surface area contributed by atoms with Gasteiger partial charge < -0.3 is 15.4 Å². The van der Waals surface area contributed by atoms with Crippen LogP contribution in [0.5, 0.6) is 11.5 Å². The standard InChI is InChI=1S/C20H17FN2OS/c21-19-9-5-4-6-15(19)14-22-20(25)23-16-10-12-18(13-11-16)24-17-7-2-1-3-8-17/h1-13H,14H2,(H2,22,23,25). The number of benzene rings is 3. The molecule has 0 aliphatic heterocycles. The zero-order valence-electron chi connectivity index (χ0n) is 13.4. The molecule has 5 heteroatoms. The lowest BCUT2D eigenvalue weighted by molar-refractivity contribution is 0.483. The predicted molar refractivity (Wildman–Crippen MR) is 102 cm³/mol. The topological polar surface area (TPSA) is 33.3 Å². The Morgan fingerprint density at radius 3 is 2.20 bits per heavy atom. The number of anilines is 1. The van der Waals surface area contributed by atoms with Crippen molar-refractivity contribution in [3.05, 3.63) is 90.2 Å². The second kappa shape index (κ2) is 8.26. The molecule has 0 saturated carbocycles. The predicted octanol–water partition coefficient (Wildman–Crippen LogP) is 5.10. The molecule has 0 bridgehead atoms. The highest BCUT2D eigenvalue weighted by Gasteiger charge is 2.03. The highest BCUT2D eigenvalue weighted by Crippen LogP contribution is 2.22. The monoisotopic (exact) mass is 352 g/mol. The second-order valence-corrected chi connectivity index (χ2v) is 5.75. The molecule has 126 valence electrons. The van der Waals surface area contributed by atoms with Gasteiger partial charge in [-0.2, -0.15) is 0 Å². The second-order valence-electron chi connectivity index (χ2n) is 5.34. The molecule has 0 aliphatic carbocycles. The van der Waals surface area contributed by atoms with Gasteiger partial charge in [0.15, 0.2) is 5.11 Å². The first-order chi connectivity index (χ1) is 12.2. The molecule has 0 heterocycles. The van der Waals surface area contributed by atoms with E-state index in [2.05, 4.69) is 10.6 Å². The summed E-state index contributed by atoms with van der Waals surface area (Å²) in [5.41, 5.74) is 1.39. The zero-order chi connectivity index (χ0) is 17.5. The quantitative estimate of drug-likeness (QED) is 0.626. The maximum atomic E-state index is 13.6. The van der Waals surface area contributed by atoms with Crippen LogP contribution in [0.1, 0.15) is 5.56 Å². The van der Waals surface area contributed by atoms with Crippen molar-refractivity contribution in [1.29, 1.82) is 0 Å². The Labute approximate surface area is 151 Å². The van der Waals surface area contributed by atoms with E-state index in [0.29, 0.717) is 17.2 Å². The summed E-state index contributed by atoms with van der Waals surface area (Å²) in [4.78, 5) is 0. The molecule has 3 rings (SSSR count). The van der Waals surface area contributed by atoms with Crippen LogP contribution in [-0.4, -0.2) is 5.11 Å². The van der Waals surface area contributed by atoms with Crippen molar-refractivity contribution >= 4 is 23.0 Å². The van der Waals surface area contributed by atoms with E-state index < -0.39 is 0 Å². The SMILES string of the molecule is Fc1ccccc1CNC(=S)Nc1ccc(Oc2ccccc2)cc1. The van der Waals surface area contributed by atoms with E-state index in [1.165, 1.54) is 6.07 Å². The van der Waals surface area contributed by atoms with Crippen LogP contribution >= 0.6 is 12.2 Å². The Morgan fingerprint density at radius 1 is 0.840 bits per heavy atom. The van der Waals surface area contributed by atoms with Gasteiger partial charge in [-0.05, 0) is 54.7 Å². The number of thiocarbonyl (C=S) groups is 1. The Balaban J connectivity index is 1.52. The maximum Gasteiger partial charge on any atom is 0.171 e. The summed E-state index contributed by atoms with van der Waals surface area (Å²) in [5, 5.41) is 6.49. The maximum absolute atomic E-state index is 13.6. The van der Waals surface area contributed by atoms with E-state index in [1.807, 2.05) is 54.6 Å². The molecule has 0 aromatic heterocycles. The lowest BCUT2D eigenvalue weighted by Crippen LogP contribution is -2.28. The van der Waals surface area contributed by atoms with Crippen molar-refractivity contribution < 1.29 is 9.13 Å². The summed E-state index contributed by atoms with van der Waals surface area (Å²) in [6.45, 7) is 0.327. The average molecular weight is 352 g/mol. The molecule has 0 aliphatic rings. The number of hydrogen-bond acceptors (Lipinski definition) is 2. The van der Waals surface area contributed by atoms with Gasteiger partial charge in [0.1, 0.15) is 17.3 Å². The Kier molecular flexibility index (Phi) is 5.59. The third-order valence-corrected chi connectivity index (χ3v) is 3.73. The molecule has 0 amide bonds. The Morgan fingerprint density at radius 2 is 1.48 bits per heavy atom. The van der Waals surface area contributed by atoms with Crippen LogP contribution in [-0.2, 0) is 6.54 Å². The lowest BCUT2D eigenvalue weighted by Gasteiger charge is -2.12. The summed E-state index contributed by atoms with van der Waals surface area (Å²) >= 11 is 5.24. The van der Waals surface area contributed by atoms with Gasteiger partial charge in [0, 0.05) is 17.8 Å². The van der Waals surface area contributed by atoms with Crippen LogP contribution < -0.4 is 15.4 Å². The van der Waals surface area contributed by atoms with Crippen molar-refractivity contribution in [2.45, 2.75) is 6.54 Å². The average Bonchev–Trinajstić information content (AvgIpc) is 2.64. The third kappa shape index (κ3) is 5.02. The summed E-state index contributed by atoms with van der Waals surface area (Å²) in [6.07, 6.45) is 0. The molecule has 0 fully saturated rings. The largest absolute Gasteiger partial charge is 0.457 e. The molecular formula is C20H17FN2OS. The number of nitrogens with one attached hydrogen (secondary N) is 2. The minimum atomic E-state index is -0.250. The first kappa shape index (κ1) is 16.9. The molecule has 3 nitrogen and oxygen atoms in total. The molecule has 0 atom stereocenters. The van der Waals surface area contributed by atoms with E-state index in [0.717, 1.165) is 17.2 Å². The minimum absolute atomic E-state index is 0.250. The van der Waals surface area contributed by atoms with Gasteiger partial charge in [-0.3, -0.25) is 0 Å². The van der Waals surface area contributed by atoms with Crippen molar-refractivity contribution in [3.63, 3.8) is 0 Å². The molecule has 25 heavy (non-hydrogen) atoms. The van der Waals surface area contributed by atoms with E-state index in [9.17, 15) is 4.39 Å². The summed E-state index contributed by atoms with van der Waals surface area (Å²) in [7, 11) is 0. The van der Waals surface area contributed by atoms with Gasteiger partial charge in [-0.25, -0.2) is 4.39 Å². The summed E-state index contributed by atoms with van der Waals surface area (Å²) < 4.78 is 19.3. The first-order valence-electron chi connectivity index (χ1n) is 7.82. The van der Waals surface area contributed by atoms with Gasteiger partial charge in [0.2, 0.25) is 0 Å². The molecule has 0 saturated heterocycles. The van der Waals surface area contributed by atoms with Gasteiger partial charge in [-0.15, -0.1) is 0 Å². The van der Waals surface area contributed by atoms with Crippen LogP contribution in [0.4, 0.5) is 10.1 Å². The number of rotatable bonds is 5. The number of hydrogen-bond donors (Lipinski definition) is 2. The van der Waals surface area contributed by atoms with Crippen LogP contribution in [0.3, 0.4) is 0 Å². The van der Waals surface area contributed by atoms with Crippen LogP contribution in [0.15, 0.2) is 78.9 Å². The van der Waals surface area contributed by atoms with E-state index >= 15 is 0 Å². The highest BCUT2D eigenvalue weighted by atomic mass is 32.1. The van der Waals surface area contributed by atoms with Crippen molar-refractivity contribution in [2.75, 3.05) is 5.32 Å². The molecule has 3 aromatic rings. The zero-order valence-corrected chi connectivity index (χ0v) is 14.2. The fraction of sp³-hybridized carbons (Fsp3) is 0.0500. The van der Waals surface area contributed by atoms with Crippen LogP contribution in [0.2, 0.25) is 0 Å². The lowest BCUT2D eigenvalue weighted by atomic mass is 10.2. The molecule has 0 unspecified atom stereocenters. The fourth-order valence-corrected chi connectivity index (χ4v) is 2.41. The van der Waals surface area contributed by atoms with E-state index in [4.69, 9.17) is 17.0 Å². The summed E-state index contributed by atoms with van der Waals surface area (Å²) in [5.74, 6) is 1.27. The normalized spacial score (nSPS) is 10.1. The van der Waals surface area contributed by atoms with E-state index in [1.54, 1.807) is 18.2 Å². The van der Waals surface area contributed by atoms with Gasteiger partial charge in [0.05, 0.1) is 0 Å². The minimum Gasteiger partial charge on any atom is -0.457 e. The van der Waals surface area contributed by atoms with Gasteiger partial charge in [0.25, 0.3) is 0 Å². The Bertz CT molecular complexity index is 838. The fourth-order valence-electron chi connectivity index (χ4n) is 2.22. The van der Waals surface area contributed by atoms with Crippen molar-refractivity contribution in [2.24, 2.45) is 0 Å². The highest BCUT2D eigenvalue weighted by molar-refractivity contribution is 7.80. The molecule has 3 aromatic carbocycles. The molecular weight excluding hydrogens is 335 g/mol. The Hall–Kier alpha value is -2.92. The summed E-state index contributed by atoms with van der Waals surface area (Å²) in [6, 6.07) is 23.6. The van der Waals surface area contributed by atoms with Gasteiger partial charge in [-0.1, -0.05) is 36.4 Å².